The van der Waals surface area contributed by atoms with E-state index in [2.05, 4.69) is 15.3 Å². The summed E-state index contributed by atoms with van der Waals surface area (Å²) in [7, 11) is 0. The summed E-state index contributed by atoms with van der Waals surface area (Å²) in [6.45, 7) is 2.87. The average molecular weight is 308 g/mol. The third-order valence-corrected chi connectivity index (χ3v) is 4.40. The van der Waals surface area contributed by atoms with Crippen molar-refractivity contribution in [3.05, 3.63) is 34.5 Å². The van der Waals surface area contributed by atoms with E-state index < -0.39 is 0 Å². The van der Waals surface area contributed by atoms with Crippen LogP contribution in [0, 0.1) is 0 Å². The van der Waals surface area contributed by atoms with Gasteiger partial charge in [0.2, 0.25) is 0 Å². The summed E-state index contributed by atoms with van der Waals surface area (Å²) in [5.41, 5.74) is 3.09. The molecule has 0 aliphatic carbocycles. The highest BCUT2D eigenvalue weighted by Crippen LogP contribution is 2.35. The molecule has 0 saturated carbocycles. The van der Waals surface area contributed by atoms with Crippen molar-refractivity contribution in [2.24, 2.45) is 0 Å². The zero-order valence-corrected chi connectivity index (χ0v) is 12.6. The zero-order chi connectivity index (χ0) is 14.1. The number of fused-ring (bicyclic) bond motifs is 1. The first-order valence-corrected chi connectivity index (χ1v) is 7.92. The molecule has 0 atom stereocenters. The molecule has 0 saturated heterocycles. The number of hydrogen-bond acceptors (Lipinski definition) is 5. The van der Waals surface area contributed by atoms with Gasteiger partial charge in [0, 0.05) is 29.2 Å². The standard InChI is InChI=1S/C14H14ClN3OS/c1-2-16-14-9-6-20-7-11(9)17-13(18-14)8-3-4-12(19)10(15)5-8/h3-5,19H,2,6-7H2,1H3,(H,16,17,18). The molecule has 1 aromatic carbocycles. The molecule has 0 radical (unpaired) electrons. The fraction of sp³-hybridized carbons (Fsp3) is 0.286. The highest BCUT2D eigenvalue weighted by Gasteiger charge is 2.20. The van der Waals surface area contributed by atoms with Crippen LogP contribution < -0.4 is 5.32 Å². The van der Waals surface area contributed by atoms with E-state index in [9.17, 15) is 5.11 Å². The number of aromatic hydroxyl groups is 1. The lowest BCUT2D eigenvalue weighted by Gasteiger charge is -2.11. The molecule has 0 unspecified atom stereocenters. The van der Waals surface area contributed by atoms with Crippen LogP contribution in [0.25, 0.3) is 11.4 Å². The van der Waals surface area contributed by atoms with Crippen molar-refractivity contribution >= 4 is 29.2 Å². The highest BCUT2D eigenvalue weighted by molar-refractivity contribution is 7.98. The molecular weight excluding hydrogens is 294 g/mol. The van der Waals surface area contributed by atoms with Crippen LogP contribution >= 0.6 is 23.4 Å². The number of rotatable bonds is 3. The number of hydrogen-bond donors (Lipinski definition) is 2. The summed E-state index contributed by atoms with van der Waals surface area (Å²) in [5, 5.41) is 13.1. The van der Waals surface area contributed by atoms with Gasteiger partial charge in [0.25, 0.3) is 0 Å². The number of thioether (sulfide) groups is 1. The normalized spacial score (nSPS) is 13.3. The summed E-state index contributed by atoms with van der Waals surface area (Å²) in [6, 6.07) is 5.03. The molecule has 1 aromatic heterocycles. The molecule has 4 nitrogen and oxygen atoms in total. The van der Waals surface area contributed by atoms with Gasteiger partial charge < -0.3 is 10.4 Å². The minimum atomic E-state index is 0.0686. The van der Waals surface area contributed by atoms with Crippen molar-refractivity contribution in [3.63, 3.8) is 0 Å². The quantitative estimate of drug-likeness (QED) is 0.906. The minimum absolute atomic E-state index is 0.0686. The molecule has 2 aromatic rings. The summed E-state index contributed by atoms with van der Waals surface area (Å²) in [4.78, 5) is 9.22. The summed E-state index contributed by atoms with van der Waals surface area (Å²) >= 11 is 7.80. The number of anilines is 1. The van der Waals surface area contributed by atoms with Gasteiger partial charge in [-0.15, -0.1) is 0 Å². The number of nitrogens with zero attached hydrogens (tertiary/aromatic N) is 2. The van der Waals surface area contributed by atoms with E-state index in [0.29, 0.717) is 10.8 Å². The molecule has 0 amide bonds. The predicted molar refractivity (Wildman–Crippen MR) is 83.3 cm³/mol. The molecule has 20 heavy (non-hydrogen) atoms. The number of benzene rings is 1. The van der Waals surface area contributed by atoms with E-state index in [1.165, 1.54) is 5.56 Å². The monoisotopic (exact) mass is 307 g/mol. The third kappa shape index (κ3) is 2.43. The van der Waals surface area contributed by atoms with Crippen LogP contribution in [0.2, 0.25) is 5.02 Å². The van der Waals surface area contributed by atoms with Crippen LogP contribution in [0.15, 0.2) is 18.2 Å². The van der Waals surface area contributed by atoms with E-state index in [-0.39, 0.29) is 5.75 Å². The van der Waals surface area contributed by atoms with Crippen molar-refractivity contribution in [2.75, 3.05) is 11.9 Å². The molecule has 0 spiro atoms. The maximum absolute atomic E-state index is 9.50. The van der Waals surface area contributed by atoms with Crippen LogP contribution in [-0.2, 0) is 11.5 Å². The Morgan fingerprint density at radius 2 is 2.20 bits per heavy atom. The number of phenols is 1. The van der Waals surface area contributed by atoms with E-state index in [1.807, 2.05) is 18.7 Å². The average Bonchev–Trinajstić information content (AvgIpc) is 2.90. The first-order valence-electron chi connectivity index (χ1n) is 6.39. The van der Waals surface area contributed by atoms with Crippen LogP contribution in [0.3, 0.4) is 0 Å². The Morgan fingerprint density at radius 3 is 2.95 bits per heavy atom. The first-order chi connectivity index (χ1) is 9.69. The Hall–Kier alpha value is -1.46. The van der Waals surface area contributed by atoms with Crippen molar-refractivity contribution in [1.29, 1.82) is 0 Å². The lowest BCUT2D eigenvalue weighted by Crippen LogP contribution is -2.06. The molecule has 104 valence electrons. The Kier molecular flexibility index (Phi) is 3.72. The van der Waals surface area contributed by atoms with Crippen molar-refractivity contribution in [2.45, 2.75) is 18.4 Å². The van der Waals surface area contributed by atoms with Gasteiger partial charge in [-0.3, -0.25) is 0 Å². The van der Waals surface area contributed by atoms with E-state index in [0.717, 1.165) is 35.1 Å². The molecule has 0 bridgehead atoms. The first kappa shape index (κ1) is 13.5. The number of phenolic OH excluding ortho intramolecular Hbond substituents is 1. The van der Waals surface area contributed by atoms with Crippen LogP contribution in [0.1, 0.15) is 18.2 Å². The van der Waals surface area contributed by atoms with Crippen molar-refractivity contribution in [1.82, 2.24) is 9.97 Å². The topological polar surface area (TPSA) is 58.0 Å². The van der Waals surface area contributed by atoms with Gasteiger partial charge >= 0.3 is 0 Å². The van der Waals surface area contributed by atoms with Gasteiger partial charge in [-0.1, -0.05) is 11.6 Å². The maximum atomic E-state index is 9.50. The lowest BCUT2D eigenvalue weighted by atomic mass is 10.1. The van der Waals surface area contributed by atoms with E-state index in [1.54, 1.807) is 18.2 Å². The Morgan fingerprint density at radius 1 is 1.35 bits per heavy atom. The Balaban J connectivity index is 2.09. The fourth-order valence-electron chi connectivity index (χ4n) is 2.14. The van der Waals surface area contributed by atoms with Gasteiger partial charge in [0.15, 0.2) is 5.82 Å². The molecule has 1 aliphatic rings. The fourth-order valence-corrected chi connectivity index (χ4v) is 3.36. The van der Waals surface area contributed by atoms with Gasteiger partial charge in [-0.05, 0) is 25.1 Å². The summed E-state index contributed by atoms with van der Waals surface area (Å²) < 4.78 is 0. The third-order valence-electron chi connectivity index (χ3n) is 3.13. The summed E-state index contributed by atoms with van der Waals surface area (Å²) in [5.74, 6) is 3.48. The Bertz CT molecular complexity index is 663. The zero-order valence-electron chi connectivity index (χ0n) is 11.0. The minimum Gasteiger partial charge on any atom is -0.506 e. The SMILES string of the molecule is CCNc1nc(-c2ccc(O)c(Cl)c2)nc2c1CSC2. The molecular formula is C14H14ClN3OS. The molecule has 3 rings (SSSR count). The molecule has 0 fully saturated rings. The van der Waals surface area contributed by atoms with Crippen LogP contribution in [0.5, 0.6) is 5.75 Å². The van der Waals surface area contributed by atoms with Crippen molar-refractivity contribution in [3.8, 4) is 17.1 Å². The number of nitrogens with one attached hydrogen (secondary N) is 1. The van der Waals surface area contributed by atoms with Crippen LogP contribution in [0.4, 0.5) is 5.82 Å². The Labute approximate surface area is 126 Å². The molecule has 2 heterocycles. The van der Waals surface area contributed by atoms with Gasteiger partial charge in [0.1, 0.15) is 11.6 Å². The molecule has 1 aliphatic heterocycles. The van der Waals surface area contributed by atoms with Crippen molar-refractivity contribution < 1.29 is 5.11 Å². The second-order valence-electron chi connectivity index (χ2n) is 4.51. The van der Waals surface area contributed by atoms with E-state index >= 15 is 0 Å². The number of aromatic nitrogens is 2. The highest BCUT2D eigenvalue weighted by atomic mass is 35.5. The smallest absolute Gasteiger partial charge is 0.161 e. The second-order valence-corrected chi connectivity index (χ2v) is 5.90. The maximum Gasteiger partial charge on any atom is 0.161 e. The summed E-state index contributed by atoms with van der Waals surface area (Å²) in [6.07, 6.45) is 0. The van der Waals surface area contributed by atoms with Gasteiger partial charge in [-0.25, -0.2) is 9.97 Å². The molecule has 6 heteroatoms. The lowest BCUT2D eigenvalue weighted by molar-refractivity contribution is 0.475. The van der Waals surface area contributed by atoms with E-state index in [4.69, 9.17) is 11.6 Å². The predicted octanol–water partition coefficient (Wildman–Crippen LogP) is 3.68. The second kappa shape index (κ2) is 5.50. The molecule has 2 N–H and O–H groups in total. The van der Waals surface area contributed by atoms with Crippen LogP contribution in [-0.4, -0.2) is 21.6 Å². The van der Waals surface area contributed by atoms with Gasteiger partial charge in [-0.2, -0.15) is 11.8 Å². The largest absolute Gasteiger partial charge is 0.506 e. The number of halogens is 1. The van der Waals surface area contributed by atoms with Gasteiger partial charge in [0.05, 0.1) is 10.7 Å².